The van der Waals surface area contributed by atoms with Crippen molar-refractivity contribution >= 4 is 41.8 Å². The second-order valence-corrected chi connectivity index (χ2v) is 9.95. The molecule has 4 atom stereocenters. The summed E-state index contributed by atoms with van der Waals surface area (Å²) in [5.74, 6) is -2.55. The smallest absolute Gasteiger partial charge is 0.245 e. The molecular formula is C24H45N11O5. The molecule has 16 heteroatoms. The Morgan fingerprint density at radius 3 is 2.10 bits per heavy atom. The summed E-state index contributed by atoms with van der Waals surface area (Å²) in [6.07, 6.45) is 3.36. The molecule has 0 saturated carbocycles. The van der Waals surface area contributed by atoms with E-state index in [1.165, 1.54) is 4.90 Å². The van der Waals surface area contributed by atoms with Gasteiger partial charge in [-0.2, -0.15) is 0 Å². The molecule has 1 rings (SSSR count). The Morgan fingerprint density at radius 2 is 1.55 bits per heavy atom. The maximum absolute atomic E-state index is 13.1. The molecule has 0 aliphatic carbocycles. The van der Waals surface area contributed by atoms with Crippen LogP contribution in [-0.2, 0) is 24.0 Å². The van der Waals surface area contributed by atoms with Gasteiger partial charge in [-0.3, -0.25) is 29.2 Å². The zero-order valence-electron chi connectivity index (χ0n) is 23.3. The number of hydrogen-bond acceptors (Lipinski definition) is 8. The van der Waals surface area contributed by atoms with Crippen LogP contribution in [0.5, 0.6) is 0 Å². The summed E-state index contributed by atoms with van der Waals surface area (Å²) in [7, 11) is 0. The summed E-state index contributed by atoms with van der Waals surface area (Å²) in [5, 5.41) is 7.76. The van der Waals surface area contributed by atoms with Crippen molar-refractivity contribution in [3.8, 4) is 0 Å². The molecule has 4 amide bonds. The summed E-state index contributed by atoms with van der Waals surface area (Å²) < 4.78 is 0. The molecule has 13 N–H and O–H groups in total. The van der Waals surface area contributed by atoms with Gasteiger partial charge in [0.15, 0.2) is 11.9 Å². The number of carbonyl (C=O) groups excluding carboxylic acids is 5. The molecule has 16 nitrogen and oxygen atoms in total. The maximum atomic E-state index is 13.1. The minimum Gasteiger partial charge on any atom is -0.370 e. The molecule has 1 saturated heterocycles. The Labute approximate surface area is 234 Å². The summed E-state index contributed by atoms with van der Waals surface area (Å²) in [4.78, 5) is 71.7. The third-order valence-electron chi connectivity index (χ3n) is 6.29. The Kier molecular flexibility index (Phi) is 15.0. The van der Waals surface area contributed by atoms with E-state index >= 15 is 0 Å². The van der Waals surface area contributed by atoms with Gasteiger partial charge in [-0.1, -0.05) is 13.8 Å². The Hall–Kier alpha value is -3.95. The molecular weight excluding hydrogens is 522 g/mol. The van der Waals surface area contributed by atoms with Gasteiger partial charge in [0.2, 0.25) is 23.6 Å². The fourth-order valence-corrected chi connectivity index (χ4v) is 4.14. The van der Waals surface area contributed by atoms with Crippen LogP contribution in [0.4, 0.5) is 0 Å². The molecule has 0 aromatic rings. The van der Waals surface area contributed by atoms with E-state index < -0.39 is 48.4 Å². The van der Waals surface area contributed by atoms with Crippen molar-refractivity contribution in [3.05, 3.63) is 0 Å². The topological polar surface area (TPSA) is 280 Å². The number of hydrogen-bond donors (Lipinski definition) is 8. The first-order chi connectivity index (χ1) is 18.9. The van der Waals surface area contributed by atoms with Crippen molar-refractivity contribution in [1.29, 1.82) is 0 Å². The molecule has 1 aliphatic rings. The zero-order chi connectivity index (χ0) is 30.2. The quantitative estimate of drug-likeness (QED) is 0.0369. The lowest BCUT2D eigenvalue weighted by Gasteiger charge is -2.27. The van der Waals surface area contributed by atoms with Crippen molar-refractivity contribution in [2.75, 3.05) is 26.2 Å². The number of aliphatic imine (C=N–C) groups is 2. The molecule has 0 aromatic heterocycles. The highest BCUT2D eigenvalue weighted by Crippen LogP contribution is 2.18. The van der Waals surface area contributed by atoms with E-state index in [1.807, 2.05) is 0 Å². The van der Waals surface area contributed by atoms with Gasteiger partial charge in [0, 0.05) is 19.6 Å². The summed E-state index contributed by atoms with van der Waals surface area (Å²) >= 11 is 0. The standard InChI is InChI=1S/C24H45N11O5/c1-14(2)19(34-20(38)16(25)7-3-9-30-23(26)27)21(39)32-12-18(37)33-17(8-4-10-31-24(28)29)22(40)35-11-5-6-15(35)13-36/h13-17,19H,3-12,25H2,1-2H3,(H,32,39)(H,33,37)(H,34,38)(H4,26,27,30)(H4,28,29,31)/t15-,16-,17-,19-/m0/s1. The number of nitrogens with one attached hydrogen (secondary N) is 3. The first kappa shape index (κ1) is 34.1. The van der Waals surface area contributed by atoms with Crippen molar-refractivity contribution in [3.63, 3.8) is 0 Å². The van der Waals surface area contributed by atoms with E-state index in [-0.39, 0.29) is 36.7 Å². The van der Waals surface area contributed by atoms with Crippen molar-refractivity contribution in [2.24, 2.45) is 44.6 Å². The van der Waals surface area contributed by atoms with Crippen LogP contribution in [0, 0.1) is 5.92 Å². The molecule has 0 radical (unpaired) electrons. The van der Waals surface area contributed by atoms with Crippen LogP contribution in [0.1, 0.15) is 52.4 Å². The predicted octanol–water partition coefficient (Wildman–Crippen LogP) is -3.65. The first-order valence-corrected chi connectivity index (χ1v) is 13.4. The molecule has 1 heterocycles. The van der Waals surface area contributed by atoms with Gasteiger partial charge >= 0.3 is 0 Å². The summed E-state index contributed by atoms with van der Waals surface area (Å²) in [5.41, 5.74) is 27.1. The molecule has 0 aromatic carbocycles. The van der Waals surface area contributed by atoms with E-state index in [4.69, 9.17) is 28.7 Å². The van der Waals surface area contributed by atoms with Crippen LogP contribution < -0.4 is 44.6 Å². The first-order valence-electron chi connectivity index (χ1n) is 13.4. The largest absolute Gasteiger partial charge is 0.370 e. The van der Waals surface area contributed by atoms with Crippen molar-refractivity contribution < 1.29 is 24.0 Å². The second kappa shape index (κ2) is 17.6. The lowest BCUT2D eigenvalue weighted by atomic mass is 10.0. The number of amides is 4. The minimum absolute atomic E-state index is 0.0542. The van der Waals surface area contributed by atoms with Crippen LogP contribution in [0.3, 0.4) is 0 Å². The molecule has 226 valence electrons. The Balaban J connectivity index is 2.73. The molecule has 1 fully saturated rings. The van der Waals surface area contributed by atoms with Gasteiger partial charge < -0.3 is 54.3 Å². The lowest BCUT2D eigenvalue weighted by Crippen LogP contribution is -2.56. The second-order valence-electron chi connectivity index (χ2n) is 9.95. The molecule has 40 heavy (non-hydrogen) atoms. The van der Waals surface area contributed by atoms with Gasteiger partial charge in [-0.15, -0.1) is 0 Å². The number of rotatable bonds is 17. The molecule has 0 bridgehead atoms. The predicted molar refractivity (Wildman–Crippen MR) is 150 cm³/mol. The van der Waals surface area contributed by atoms with E-state index in [9.17, 15) is 24.0 Å². The van der Waals surface area contributed by atoms with Crippen molar-refractivity contribution in [1.82, 2.24) is 20.9 Å². The van der Waals surface area contributed by atoms with Crippen LogP contribution in [0.15, 0.2) is 9.98 Å². The maximum Gasteiger partial charge on any atom is 0.245 e. The van der Waals surface area contributed by atoms with E-state index in [2.05, 4.69) is 25.9 Å². The molecule has 0 unspecified atom stereocenters. The van der Waals surface area contributed by atoms with Gasteiger partial charge in [-0.05, 0) is 44.4 Å². The third-order valence-corrected chi connectivity index (χ3v) is 6.29. The summed E-state index contributed by atoms with van der Waals surface area (Å²) in [6.45, 7) is 4.02. The monoisotopic (exact) mass is 567 g/mol. The fourth-order valence-electron chi connectivity index (χ4n) is 4.14. The Bertz CT molecular complexity index is 932. The zero-order valence-corrected chi connectivity index (χ0v) is 23.3. The van der Waals surface area contributed by atoms with Crippen LogP contribution >= 0.6 is 0 Å². The van der Waals surface area contributed by atoms with Crippen LogP contribution in [0.2, 0.25) is 0 Å². The highest BCUT2D eigenvalue weighted by Gasteiger charge is 2.34. The number of nitrogens with two attached hydrogens (primary N) is 5. The number of carbonyl (C=O) groups is 5. The van der Waals surface area contributed by atoms with E-state index in [0.29, 0.717) is 45.2 Å². The molecule has 1 aliphatic heterocycles. The normalized spacial score (nSPS) is 16.8. The highest BCUT2D eigenvalue weighted by molar-refractivity contribution is 5.93. The Morgan fingerprint density at radius 1 is 0.950 bits per heavy atom. The number of guanidine groups is 2. The summed E-state index contributed by atoms with van der Waals surface area (Å²) in [6, 6.07) is -3.30. The fraction of sp³-hybridized carbons (Fsp3) is 0.708. The average molecular weight is 568 g/mol. The van der Waals surface area contributed by atoms with Gasteiger partial charge in [0.25, 0.3) is 0 Å². The lowest BCUT2D eigenvalue weighted by molar-refractivity contribution is -0.139. The minimum atomic E-state index is -0.945. The highest BCUT2D eigenvalue weighted by atomic mass is 16.2. The third kappa shape index (κ3) is 12.3. The number of aldehydes is 1. The van der Waals surface area contributed by atoms with Gasteiger partial charge in [0.1, 0.15) is 18.4 Å². The van der Waals surface area contributed by atoms with E-state index in [0.717, 1.165) is 6.29 Å². The number of likely N-dealkylation sites (tertiary alicyclic amines) is 1. The van der Waals surface area contributed by atoms with E-state index in [1.54, 1.807) is 13.8 Å². The van der Waals surface area contributed by atoms with Gasteiger partial charge in [0.05, 0.1) is 18.6 Å². The average Bonchev–Trinajstić information content (AvgIpc) is 3.37. The van der Waals surface area contributed by atoms with Crippen LogP contribution in [0.25, 0.3) is 0 Å². The SMILES string of the molecule is CC(C)[C@H](NC(=O)[C@@H](N)CCCN=C(N)N)C(=O)NCC(=O)N[C@@H](CCCN=C(N)N)C(=O)N1CCC[C@H]1C=O. The van der Waals surface area contributed by atoms with Crippen molar-refractivity contribution in [2.45, 2.75) is 76.5 Å². The van der Waals surface area contributed by atoms with Gasteiger partial charge in [-0.25, -0.2) is 0 Å². The number of nitrogens with zero attached hydrogens (tertiary/aromatic N) is 3. The molecule has 0 spiro atoms. The van der Waals surface area contributed by atoms with Crippen LogP contribution in [-0.4, -0.2) is 97.1 Å².